The topological polar surface area (TPSA) is 41.1 Å². The Morgan fingerprint density at radius 2 is 2.07 bits per heavy atom. The number of carbonyl (C=O) groups excluding carboxylic acids is 1. The summed E-state index contributed by atoms with van der Waals surface area (Å²) in [5.41, 5.74) is 0.500. The summed E-state index contributed by atoms with van der Waals surface area (Å²) in [5.74, 6) is 0.897. The summed E-state index contributed by atoms with van der Waals surface area (Å²) < 4.78 is 0. The number of hydrogen-bond donors (Lipinski definition) is 2. The molecule has 0 aliphatic heterocycles. The first-order valence-corrected chi connectivity index (χ1v) is 6.12. The van der Waals surface area contributed by atoms with Gasteiger partial charge < -0.3 is 10.6 Å². The lowest BCUT2D eigenvalue weighted by Gasteiger charge is -2.19. The summed E-state index contributed by atoms with van der Waals surface area (Å²) in [6.45, 7) is 6.05. The van der Waals surface area contributed by atoms with Gasteiger partial charge in [0.1, 0.15) is 0 Å². The van der Waals surface area contributed by atoms with Gasteiger partial charge >= 0.3 is 0 Å². The van der Waals surface area contributed by atoms with Gasteiger partial charge in [-0.25, -0.2) is 0 Å². The van der Waals surface area contributed by atoms with Crippen LogP contribution in [0.3, 0.4) is 0 Å². The van der Waals surface area contributed by atoms with Crippen LogP contribution in [0, 0.1) is 11.3 Å². The summed E-state index contributed by atoms with van der Waals surface area (Å²) in [4.78, 5) is 11.4. The second kappa shape index (κ2) is 4.12. The van der Waals surface area contributed by atoms with E-state index in [2.05, 4.69) is 24.5 Å². The molecule has 0 aromatic carbocycles. The average Bonchev–Trinajstić information content (AvgIpc) is 2.98. The average molecular weight is 210 g/mol. The molecule has 0 aromatic heterocycles. The van der Waals surface area contributed by atoms with Crippen molar-refractivity contribution < 1.29 is 4.79 Å². The Kier molecular flexibility index (Phi) is 3.01. The minimum Gasteiger partial charge on any atom is -0.352 e. The lowest BCUT2D eigenvalue weighted by molar-refractivity contribution is -0.120. The highest BCUT2D eigenvalue weighted by Gasteiger charge is 2.44. The van der Waals surface area contributed by atoms with Gasteiger partial charge in [0, 0.05) is 12.6 Å². The van der Waals surface area contributed by atoms with Crippen LogP contribution in [0.15, 0.2) is 0 Å². The molecule has 0 aromatic rings. The van der Waals surface area contributed by atoms with E-state index in [0.29, 0.717) is 18.0 Å². The van der Waals surface area contributed by atoms with Crippen molar-refractivity contribution in [3.8, 4) is 0 Å². The maximum atomic E-state index is 11.4. The van der Waals surface area contributed by atoms with Crippen molar-refractivity contribution in [2.24, 2.45) is 11.3 Å². The quantitative estimate of drug-likeness (QED) is 0.693. The molecular formula is C12H22N2O. The van der Waals surface area contributed by atoms with Gasteiger partial charge in [0.25, 0.3) is 0 Å². The van der Waals surface area contributed by atoms with Crippen molar-refractivity contribution in [2.45, 2.75) is 45.6 Å². The molecule has 0 saturated heterocycles. The SMILES string of the molecule is CC(C)C1(CNCC(=O)NC2CC2)CC1. The highest BCUT2D eigenvalue weighted by Crippen LogP contribution is 2.51. The fraction of sp³-hybridized carbons (Fsp3) is 0.917. The molecule has 0 heterocycles. The van der Waals surface area contributed by atoms with Gasteiger partial charge in [-0.2, -0.15) is 0 Å². The van der Waals surface area contributed by atoms with Crippen LogP contribution in [-0.2, 0) is 4.79 Å². The van der Waals surface area contributed by atoms with Gasteiger partial charge in [0.2, 0.25) is 5.91 Å². The van der Waals surface area contributed by atoms with Crippen LogP contribution in [0.4, 0.5) is 0 Å². The highest BCUT2D eigenvalue weighted by molar-refractivity contribution is 5.78. The van der Waals surface area contributed by atoms with Gasteiger partial charge in [-0.1, -0.05) is 13.8 Å². The minimum absolute atomic E-state index is 0.164. The summed E-state index contributed by atoms with van der Waals surface area (Å²) in [5, 5.41) is 6.28. The van der Waals surface area contributed by atoms with E-state index in [1.54, 1.807) is 0 Å². The second-order valence-electron chi connectivity index (χ2n) is 5.46. The zero-order valence-electron chi connectivity index (χ0n) is 9.81. The molecule has 2 aliphatic rings. The summed E-state index contributed by atoms with van der Waals surface area (Å²) in [6, 6.07) is 0.485. The van der Waals surface area contributed by atoms with E-state index in [4.69, 9.17) is 0 Å². The Morgan fingerprint density at radius 3 is 2.53 bits per heavy atom. The standard InChI is InChI=1S/C12H22N2O/c1-9(2)12(5-6-12)8-13-7-11(15)14-10-3-4-10/h9-10,13H,3-8H2,1-2H3,(H,14,15). The Labute approximate surface area is 92.0 Å². The molecule has 0 spiro atoms. The molecule has 2 fully saturated rings. The fourth-order valence-electron chi connectivity index (χ4n) is 2.05. The van der Waals surface area contributed by atoms with Crippen LogP contribution >= 0.6 is 0 Å². The zero-order chi connectivity index (χ0) is 10.9. The lowest BCUT2D eigenvalue weighted by Crippen LogP contribution is -2.38. The lowest BCUT2D eigenvalue weighted by atomic mass is 9.92. The monoisotopic (exact) mass is 210 g/mol. The van der Waals surface area contributed by atoms with Gasteiger partial charge in [-0.3, -0.25) is 4.79 Å². The van der Waals surface area contributed by atoms with Crippen LogP contribution in [0.5, 0.6) is 0 Å². The Morgan fingerprint density at radius 1 is 1.40 bits per heavy atom. The predicted molar refractivity (Wildman–Crippen MR) is 60.5 cm³/mol. The molecular weight excluding hydrogens is 188 g/mol. The first-order valence-electron chi connectivity index (χ1n) is 6.12. The van der Waals surface area contributed by atoms with E-state index in [-0.39, 0.29) is 5.91 Å². The third-order valence-electron chi connectivity index (χ3n) is 3.82. The number of hydrogen-bond acceptors (Lipinski definition) is 2. The third kappa shape index (κ3) is 2.94. The number of nitrogens with one attached hydrogen (secondary N) is 2. The molecule has 86 valence electrons. The normalized spacial score (nSPS) is 22.9. The van der Waals surface area contributed by atoms with Crippen molar-refractivity contribution in [2.75, 3.05) is 13.1 Å². The maximum absolute atomic E-state index is 11.4. The van der Waals surface area contributed by atoms with Crippen molar-refractivity contribution in [1.82, 2.24) is 10.6 Å². The van der Waals surface area contributed by atoms with E-state index in [1.165, 1.54) is 25.7 Å². The van der Waals surface area contributed by atoms with E-state index in [9.17, 15) is 4.79 Å². The molecule has 0 unspecified atom stereocenters. The molecule has 3 heteroatoms. The summed E-state index contributed by atoms with van der Waals surface area (Å²) >= 11 is 0. The molecule has 2 rings (SSSR count). The molecule has 2 N–H and O–H groups in total. The van der Waals surface area contributed by atoms with E-state index in [0.717, 1.165) is 12.5 Å². The van der Waals surface area contributed by atoms with Crippen LogP contribution in [-0.4, -0.2) is 25.0 Å². The molecule has 2 saturated carbocycles. The smallest absolute Gasteiger partial charge is 0.234 e. The van der Waals surface area contributed by atoms with E-state index in [1.807, 2.05) is 0 Å². The van der Waals surface area contributed by atoms with Gasteiger partial charge in [0.05, 0.1) is 6.54 Å². The first kappa shape index (κ1) is 10.9. The van der Waals surface area contributed by atoms with Gasteiger partial charge in [-0.15, -0.1) is 0 Å². The van der Waals surface area contributed by atoms with Crippen LogP contribution in [0.1, 0.15) is 39.5 Å². The van der Waals surface area contributed by atoms with Crippen molar-refractivity contribution in [3.63, 3.8) is 0 Å². The third-order valence-corrected chi connectivity index (χ3v) is 3.82. The summed E-state index contributed by atoms with van der Waals surface area (Å²) in [6.07, 6.45) is 4.98. The molecule has 2 aliphatic carbocycles. The van der Waals surface area contributed by atoms with Crippen molar-refractivity contribution in [3.05, 3.63) is 0 Å². The summed E-state index contributed by atoms with van der Waals surface area (Å²) in [7, 11) is 0. The van der Waals surface area contributed by atoms with Crippen LogP contribution in [0.25, 0.3) is 0 Å². The van der Waals surface area contributed by atoms with E-state index >= 15 is 0 Å². The predicted octanol–water partition coefficient (Wildman–Crippen LogP) is 1.29. The van der Waals surface area contributed by atoms with Gasteiger partial charge in [0.15, 0.2) is 0 Å². The highest BCUT2D eigenvalue weighted by atomic mass is 16.2. The number of amides is 1. The van der Waals surface area contributed by atoms with Crippen LogP contribution < -0.4 is 10.6 Å². The molecule has 3 nitrogen and oxygen atoms in total. The van der Waals surface area contributed by atoms with Crippen molar-refractivity contribution in [1.29, 1.82) is 0 Å². The minimum atomic E-state index is 0.164. The Bertz CT molecular complexity index is 242. The Hall–Kier alpha value is -0.570. The zero-order valence-corrected chi connectivity index (χ0v) is 9.81. The molecule has 15 heavy (non-hydrogen) atoms. The number of rotatable bonds is 6. The second-order valence-corrected chi connectivity index (χ2v) is 5.46. The number of carbonyl (C=O) groups is 1. The maximum Gasteiger partial charge on any atom is 0.234 e. The van der Waals surface area contributed by atoms with E-state index < -0.39 is 0 Å². The molecule has 1 amide bonds. The molecule has 0 atom stereocenters. The Balaban J connectivity index is 1.59. The van der Waals surface area contributed by atoms with Crippen LogP contribution in [0.2, 0.25) is 0 Å². The fourth-order valence-corrected chi connectivity index (χ4v) is 2.05. The van der Waals surface area contributed by atoms with Crippen molar-refractivity contribution >= 4 is 5.91 Å². The largest absolute Gasteiger partial charge is 0.352 e. The molecule has 0 bridgehead atoms. The first-order chi connectivity index (χ1) is 7.12. The molecule has 0 radical (unpaired) electrons. The van der Waals surface area contributed by atoms with Gasteiger partial charge in [-0.05, 0) is 37.0 Å².